The summed E-state index contributed by atoms with van der Waals surface area (Å²) in [6.45, 7) is 8.47. The fourth-order valence-corrected chi connectivity index (χ4v) is 3.46. The van der Waals surface area contributed by atoms with E-state index >= 15 is 0 Å². The number of fused-ring (bicyclic) bond motifs is 1. The Balaban J connectivity index is 2.57. The van der Waals surface area contributed by atoms with Crippen LogP contribution in [0.5, 0.6) is 0 Å². The molecule has 0 unspecified atom stereocenters. The zero-order valence-corrected chi connectivity index (χ0v) is 20.4. The highest BCUT2D eigenvalue weighted by atomic mass is 16.6. The number of rotatable bonds is 9. The summed E-state index contributed by atoms with van der Waals surface area (Å²) in [7, 11) is 1.20. The number of amides is 1. The molecule has 2 rings (SSSR count). The molecule has 0 aliphatic rings. The summed E-state index contributed by atoms with van der Waals surface area (Å²) in [5.41, 5.74) is 0.536. The summed E-state index contributed by atoms with van der Waals surface area (Å²) < 4.78 is 20.4. The number of benzene rings is 1. The van der Waals surface area contributed by atoms with E-state index in [-0.39, 0.29) is 25.3 Å². The van der Waals surface area contributed by atoms with Crippen molar-refractivity contribution < 1.29 is 38.1 Å². The van der Waals surface area contributed by atoms with Crippen molar-refractivity contribution in [3.8, 4) is 0 Å². The number of carbonyl (C=O) groups is 4. The minimum Gasteiger partial charge on any atom is -0.467 e. The Kier molecular flexibility index (Phi) is 9.05. The van der Waals surface area contributed by atoms with Crippen LogP contribution in [0.25, 0.3) is 10.9 Å². The summed E-state index contributed by atoms with van der Waals surface area (Å²) in [5.74, 6) is -3.69. The Morgan fingerprint density at radius 2 is 1.56 bits per heavy atom. The maximum atomic E-state index is 12.8. The molecule has 186 valence electrons. The van der Waals surface area contributed by atoms with E-state index in [0.29, 0.717) is 16.5 Å². The SMILES string of the molecule is CCOC(=O)C(C(=O)OCC)c1[nH]c2ccccc2c1C[C@H](NC(=O)OC(C)(C)C)C(=O)OC. The summed E-state index contributed by atoms with van der Waals surface area (Å²) in [6.07, 6.45) is -0.891. The van der Waals surface area contributed by atoms with E-state index in [4.69, 9.17) is 18.9 Å². The molecule has 1 atom stereocenters. The molecule has 1 heterocycles. The molecule has 0 aliphatic carbocycles. The lowest BCUT2D eigenvalue weighted by atomic mass is 9.95. The highest BCUT2D eigenvalue weighted by molar-refractivity contribution is 6.02. The number of para-hydroxylation sites is 1. The molecule has 10 heteroatoms. The van der Waals surface area contributed by atoms with E-state index in [1.165, 1.54) is 7.11 Å². The molecule has 0 saturated carbocycles. The number of carbonyl (C=O) groups excluding carboxylic acids is 4. The van der Waals surface area contributed by atoms with Crippen molar-refractivity contribution in [1.82, 2.24) is 10.3 Å². The smallest absolute Gasteiger partial charge is 0.408 e. The van der Waals surface area contributed by atoms with Crippen LogP contribution in [0.3, 0.4) is 0 Å². The fourth-order valence-electron chi connectivity index (χ4n) is 3.46. The maximum Gasteiger partial charge on any atom is 0.408 e. The predicted octanol–water partition coefficient (Wildman–Crippen LogP) is 2.99. The van der Waals surface area contributed by atoms with Gasteiger partial charge in [0.25, 0.3) is 0 Å². The van der Waals surface area contributed by atoms with Gasteiger partial charge in [0, 0.05) is 23.0 Å². The van der Waals surface area contributed by atoms with Gasteiger partial charge in [-0.2, -0.15) is 0 Å². The highest BCUT2D eigenvalue weighted by Gasteiger charge is 2.37. The van der Waals surface area contributed by atoms with Crippen molar-refractivity contribution in [2.75, 3.05) is 20.3 Å². The highest BCUT2D eigenvalue weighted by Crippen LogP contribution is 2.31. The second-order valence-corrected chi connectivity index (χ2v) is 8.43. The van der Waals surface area contributed by atoms with Gasteiger partial charge in [0.15, 0.2) is 5.92 Å². The number of H-pyrrole nitrogens is 1. The molecule has 0 bridgehead atoms. The molecule has 2 N–H and O–H groups in total. The zero-order chi connectivity index (χ0) is 25.5. The third kappa shape index (κ3) is 6.72. The number of aromatic amines is 1. The molecule has 0 fully saturated rings. The maximum absolute atomic E-state index is 12.8. The van der Waals surface area contributed by atoms with Crippen molar-refractivity contribution in [1.29, 1.82) is 0 Å². The molecular weight excluding hydrogens is 444 g/mol. The zero-order valence-electron chi connectivity index (χ0n) is 20.4. The first-order chi connectivity index (χ1) is 16.0. The Morgan fingerprint density at radius 1 is 0.971 bits per heavy atom. The summed E-state index contributed by atoms with van der Waals surface area (Å²) in [5, 5.41) is 3.18. The molecule has 1 aromatic carbocycles. The Bertz CT molecular complexity index is 1020. The van der Waals surface area contributed by atoms with Gasteiger partial charge in [-0.3, -0.25) is 9.59 Å². The van der Waals surface area contributed by atoms with Crippen molar-refractivity contribution in [2.45, 2.75) is 58.6 Å². The first-order valence-corrected chi connectivity index (χ1v) is 11.0. The molecule has 34 heavy (non-hydrogen) atoms. The average Bonchev–Trinajstić information content (AvgIpc) is 3.09. The second kappa shape index (κ2) is 11.5. The number of esters is 3. The molecule has 0 radical (unpaired) electrons. The minimum absolute atomic E-state index is 0.0648. The Morgan fingerprint density at radius 3 is 2.09 bits per heavy atom. The summed E-state index contributed by atoms with van der Waals surface area (Å²) in [4.78, 5) is 53.6. The van der Waals surface area contributed by atoms with Crippen LogP contribution in [-0.4, -0.2) is 61.0 Å². The number of methoxy groups -OCH3 is 1. The van der Waals surface area contributed by atoms with Gasteiger partial charge >= 0.3 is 24.0 Å². The topological polar surface area (TPSA) is 133 Å². The lowest BCUT2D eigenvalue weighted by Gasteiger charge is -2.23. The fraction of sp³-hybridized carbons (Fsp3) is 0.500. The average molecular weight is 477 g/mol. The van der Waals surface area contributed by atoms with Crippen LogP contribution in [0.15, 0.2) is 24.3 Å². The molecule has 0 aliphatic heterocycles. The summed E-state index contributed by atoms with van der Waals surface area (Å²) in [6, 6.07) is 5.96. The molecule has 0 spiro atoms. The van der Waals surface area contributed by atoms with Crippen molar-refractivity contribution in [3.63, 3.8) is 0 Å². The minimum atomic E-state index is -1.40. The number of hydrogen-bond donors (Lipinski definition) is 2. The monoisotopic (exact) mass is 476 g/mol. The quantitative estimate of drug-likeness (QED) is 0.321. The normalized spacial score (nSPS) is 12.2. The molecule has 1 aromatic heterocycles. The van der Waals surface area contributed by atoms with Crippen molar-refractivity contribution >= 4 is 34.9 Å². The van der Waals surface area contributed by atoms with Crippen LogP contribution in [0.1, 0.15) is 51.8 Å². The van der Waals surface area contributed by atoms with Crippen molar-refractivity contribution in [2.24, 2.45) is 0 Å². The van der Waals surface area contributed by atoms with Crippen LogP contribution in [0.4, 0.5) is 4.79 Å². The van der Waals surface area contributed by atoms with Gasteiger partial charge in [0.05, 0.1) is 20.3 Å². The number of ether oxygens (including phenoxy) is 4. The van der Waals surface area contributed by atoms with Gasteiger partial charge in [-0.05, 0) is 46.2 Å². The number of hydrogen-bond acceptors (Lipinski definition) is 8. The lowest BCUT2D eigenvalue weighted by molar-refractivity contribution is -0.157. The van der Waals surface area contributed by atoms with Gasteiger partial charge in [0.2, 0.25) is 0 Å². The van der Waals surface area contributed by atoms with Crippen LogP contribution >= 0.6 is 0 Å². The summed E-state index contributed by atoms with van der Waals surface area (Å²) >= 11 is 0. The Hall–Kier alpha value is -3.56. The Labute approximate surface area is 198 Å². The van der Waals surface area contributed by atoms with E-state index in [1.807, 2.05) is 0 Å². The molecule has 1 amide bonds. The van der Waals surface area contributed by atoms with E-state index in [0.717, 1.165) is 0 Å². The second-order valence-electron chi connectivity index (χ2n) is 8.43. The van der Waals surface area contributed by atoms with Gasteiger partial charge in [-0.1, -0.05) is 18.2 Å². The van der Waals surface area contributed by atoms with Gasteiger partial charge < -0.3 is 29.2 Å². The first-order valence-electron chi connectivity index (χ1n) is 11.0. The van der Waals surface area contributed by atoms with Crippen LogP contribution in [0, 0.1) is 0 Å². The predicted molar refractivity (Wildman–Crippen MR) is 123 cm³/mol. The third-order valence-corrected chi connectivity index (χ3v) is 4.76. The molecule has 0 saturated heterocycles. The largest absolute Gasteiger partial charge is 0.467 e. The van der Waals surface area contributed by atoms with Crippen LogP contribution < -0.4 is 5.32 Å². The standard InChI is InChI=1S/C24H32N2O8/c1-7-32-21(28)18(22(29)33-8-2)19-15(14-11-9-10-12-16(14)25-19)13-17(20(27)31-6)26-23(30)34-24(3,4)5/h9-12,17-18,25H,7-8,13H2,1-6H3,(H,26,30)/t17-/m0/s1. The van der Waals surface area contributed by atoms with E-state index in [2.05, 4.69) is 10.3 Å². The lowest BCUT2D eigenvalue weighted by Crippen LogP contribution is -2.45. The van der Waals surface area contributed by atoms with Crippen LogP contribution in [0.2, 0.25) is 0 Å². The number of aromatic nitrogens is 1. The van der Waals surface area contributed by atoms with Gasteiger partial charge in [-0.25, -0.2) is 9.59 Å². The van der Waals surface area contributed by atoms with Crippen molar-refractivity contribution in [3.05, 3.63) is 35.5 Å². The van der Waals surface area contributed by atoms with Crippen LogP contribution in [-0.2, 0) is 39.8 Å². The van der Waals surface area contributed by atoms with Gasteiger partial charge in [0.1, 0.15) is 11.6 Å². The van der Waals surface area contributed by atoms with E-state index in [1.54, 1.807) is 58.9 Å². The van der Waals surface area contributed by atoms with E-state index < -0.39 is 41.6 Å². The number of alkyl carbamates (subject to hydrolysis) is 1. The molecular formula is C24H32N2O8. The molecule has 10 nitrogen and oxygen atoms in total. The molecule has 2 aromatic rings. The first kappa shape index (κ1) is 26.7. The van der Waals surface area contributed by atoms with Gasteiger partial charge in [-0.15, -0.1) is 0 Å². The third-order valence-electron chi connectivity index (χ3n) is 4.76. The van der Waals surface area contributed by atoms with E-state index in [9.17, 15) is 19.2 Å². The number of nitrogens with one attached hydrogen (secondary N) is 2.